The standard InChI is InChI=1S/C16H19NO2/c18-11-3-6-13-7-9-15(10-8-13)17-16(19)12-14-4-1-2-5-14/h7-10,14,18H,1-2,4-5,11-12H2,(H,17,19). The van der Waals surface area contributed by atoms with Gasteiger partial charge in [0.15, 0.2) is 0 Å². The zero-order chi connectivity index (χ0) is 13.5. The number of aliphatic hydroxyl groups excluding tert-OH is 1. The van der Waals surface area contributed by atoms with E-state index >= 15 is 0 Å². The normalized spacial score (nSPS) is 14.8. The molecule has 0 saturated heterocycles. The number of rotatable bonds is 3. The van der Waals surface area contributed by atoms with Crippen molar-refractivity contribution in [3.63, 3.8) is 0 Å². The van der Waals surface area contributed by atoms with Crippen molar-refractivity contribution in [3.05, 3.63) is 29.8 Å². The quantitative estimate of drug-likeness (QED) is 0.818. The molecule has 0 aliphatic heterocycles. The Labute approximate surface area is 114 Å². The molecule has 0 heterocycles. The molecule has 1 aromatic carbocycles. The van der Waals surface area contributed by atoms with E-state index in [0.717, 1.165) is 11.3 Å². The fraction of sp³-hybridized carbons (Fsp3) is 0.438. The lowest BCUT2D eigenvalue weighted by Gasteiger charge is -2.09. The third kappa shape index (κ3) is 4.42. The zero-order valence-corrected chi connectivity index (χ0v) is 11.0. The first kappa shape index (κ1) is 13.6. The number of nitrogens with one attached hydrogen (secondary N) is 1. The van der Waals surface area contributed by atoms with E-state index in [2.05, 4.69) is 17.2 Å². The van der Waals surface area contributed by atoms with Crippen LogP contribution in [-0.4, -0.2) is 17.6 Å². The van der Waals surface area contributed by atoms with Crippen molar-refractivity contribution < 1.29 is 9.90 Å². The highest BCUT2D eigenvalue weighted by Gasteiger charge is 2.18. The first-order valence-electron chi connectivity index (χ1n) is 6.77. The highest BCUT2D eigenvalue weighted by atomic mass is 16.2. The van der Waals surface area contributed by atoms with Crippen molar-refractivity contribution in [3.8, 4) is 11.8 Å². The van der Waals surface area contributed by atoms with E-state index in [4.69, 9.17) is 5.11 Å². The summed E-state index contributed by atoms with van der Waals surface area (Å²) in [5.74, 6) is 6.07. The molecule has 3 heteroatoms. The lowest BCUT2D eigenvalue weighted by molar-refractivity contribution is -0.117. The molecular formula is C16H19NO2. The summed E-state index contributed by atoms with van der Waals surface area (Å²) in [6, 6.07) is 7.36. The molecule has 0 spiro atoms. The summed E-state index contributed by atoms with van der Waals surface area (Å²) in [4.78, 5) is 11.9. The topological polar surface area (TPSA) is 49.3 Å². The van der Waals surface area contributed by atoms with Crippen LogP contribution in [0.2, 0.25) is 0 Å². The summed E-state index contributed by atoms with van der Waals surface area (Å²) in [6.45, 7) is -0.139. The Hall–Kier alpha value is -1.79. The van der Waals surface area contributed by atoms with Crippen LogP contribution in [0.5, 0.6) is 0 Å². The fourth-order valence-corrected chi connectivity index (χ4v) is 2.47. The van der Waals surface area contributed by atoms with Gasteiger partial charge >= 0.3 is 0 Å². The molecule has 1 amide bonds. The third-order valence-corrected chi connectivity index (χ3v) is 3.43. The van der Waals surface area contributed by atoms with Crippen LogP contribution in [0, 0.1) is 17.8 Å². The van der Waals surface area contributed by atoms with Gasteiger partial charge in [-0.1, -0.05) is 24.7 Å². The second-order valence-corrected chi connectivity index (χ2v) is 4.94. The number of anilines is 1. The Morgan fingerprint density at radius 1 is 1.26 bits per heavy atom. The maximum Gasteiger partial charge on any atom is 0.224 e. The van der Waals surface area contributed by atoms with E-state index in [1.165, 1.54) is 25.7 Å². The molecule has 3 nitrogen and oxygen atoms in total. The second kappa shape index (κ2) is 6.96. The van der Waals surface area contributed by atoms with Gasteiger partial charge in [-0.3, -0.25) is 4.79 Å². The molecule has 0 radical (unpaired) electrons. The highest BCUT2D eigenvalue weighted by Crippen LogP contribution is 2.27. The van der Waals surface area contributed by atoms with Crippen LogP contribution in [0.15, 0.2) is 24.3 Å². The van der Waals surface area contributed by atoms with Gasteiger partial charge in [0.25, 0.3) is 0 Å². The average molecular weight is 257 g/mol. The van der Waals surface area contributed by atoms with E-state index in [-0.39, 0.29) is 12.5 Å². The monoisotopic (exact) mass is 257 g/mol. The Kier molecular flexibility index (Phi) is 5.00. The summed E-state index contributed by atoms with van der Waals surface area (Å²) in [5, 5.41) is 11.5. The molecule has 1 aliphatic rings. The van der Waals surface area contributed by atoms with Gasteiger partial charge in [-0.05, 0) is 43.0 Å². The molecule has 1 aliphatic carbocycles. The summed E-state index contributed by atoms with van der Waals surface area (Å²) >= 11 is 0. The molecule has 2 N–H and O–H groups in total. The van der Waals surface area contributed by atoms with E-state index in [1.807, 2.05) is 24.3 Å². The number of carbonyl (C=O) groups is 1. The number of carbonyl (C=O) groups excluding carboxylic acids is 1. The fourth-order valence-electron chi connectivity index (χ4n) is 2.47. The second-order valence-electron chi connectivity index (χ2n) is 4.94. The molecule has 2 rings (SSSR count). The highest BCUT2D eigenvalue weighted by molar-refractivity contribution is 5.90. The molecule has 0 atom stereocenters. The lowest BCUT2D eigenvalue weighted by Crippen LogP contribution is -2.14. The van der Waals surface area contributed by atoms with Crippen molar-refractivity contribution in [2.45, 2.75) is 32.1 Å². The molecular weight excluding hydrogens is 238 g/mol. The summed E-state index contributed by atoms with van der Waals surface area (Å²) in [7, 11) is 0. The summed E-state index contributed by atoms with van der Waals surface area (Å²) < 4.78 is 0. The maximum atomic E-state index is 11.9. The zero-order valence-electron chi connectivity index (χ0n) is 11.0. The smallest absolute Gasteiger partial charge is 0.224 e. The van der Waals surface area contributed by atoms with Gasteiger partial charge < -0.3 is 10.4 Å². The molecule has 0 aromatic heterocycles. The number of hydrogen-bond acceptors (Lipinski definition) is 2. The van der Waals surface area contributed by atoms with Crippen LogP contribution in [0.4, 0.5) is 5.69 Å². The predicted octanol–water partition coefficient (Wildman–Crippen LogP) is 2.55. The number of hydrogen-bond donors (Lipinski definition) is 2. The van der Waals surface area contributed by atoms with Crippen molar-refractivity contribution in [2.75, 3.05) is 11.9 Å². The lowest BCUT2D eigenvalue weighted by atomic mass is 10.0. The van der Waals surface area contributed by atoms with Crippen LogP contribution >= 0.6 is 0 Å². The predicted molar refractivity (Wildman–Crippen MR) is 75.6 cm³/mol. The van der Waals surface area contributed by atoms with Gasteiger partial charge in [-0.25, -0.2) is 0 Å². The van der Waals surface area contributed by atoms with E-state index in [1.54, 1.807) is 0 Å². The number of amides is 1. The van der Waals surface area contributed by atoms with Gasteiger partial charge in [-0.15, -0.1) is 0 Å². The molecule has 100 valence electrons. The average Bonchev–Trinajstić information content (AvgIpc) is 2.90. The molecule has 1 fully saturated rings. The van der Waals surface area contributed by atoms with Crippen LogP contribution < -0.4 is 5.32 Å². The van der Waals surface area contributed by atoms with Crippen LogP contribution in [0.3, 0.4) is 0 Å². The Morgan fingerprint density at radius 3 is 2.58 bits per heavy atom. The Bertz CT molecular complexity index is 476. The largest absolute Gasteiger partial charge is 0.384 e. The number of benzene rings is 1. The van der Waals surface area contributed by atoms with Crippen LogP contribution in [0.25, 0.3) is 0 Å². The van der Waals surface area contributed by atoms with Crippen molar-refractivity contribution >= 4 is 11.6 Å². The minimum absolute atomic E-state index is 0.0982. The van der Waals surface area contributed by atoms with Crippen LogP contribution in [-0.2, 0) is 4.79 Å². The van der Waals surface area contributed by atoms with Gasteiger partial charge in [0.2, 0.25) is 5.91 Å². The van der Waals surface area contributed by atoms with Gasteiger partial charge in [-0.2, -0.15) is 0 Å². The van der Waals surface area contributed by atoms with Gasteiger partial charge in [0.1, 0.15) is 6.61 Å². The van der Waals surface area contributed by atoms with Gasteiger partial charge in [0.05, 0.1) is 0 Å². The molecule has 1 saturated carbocycles. The summed E-state index contributed by atoms with van der Waals surface area (Å²) in [6.07, 6.45) is 5.52. The van der Waals surface area contributed by atoms with Crippen LogP contribution in [0.1, 0.15) is 37.7 Å². The summed E-state index contributed by atoms with van der Waals surface area (Å²) in [5.41, 5.74) is 1.64. The van der Waals surface area contributed by atoms with Crippen molar-refractivity contribution in [2.24, 2.45) is 5.92 Å². The third-order valence-electron chi connectivity index (χ3n) is 3.43. The molecule has 0 bridgehead atoms. The molecule has 1 aromatic rings. The van der Waals surface area contributed by atoms with E-state index < -0.39 is 0 Å². The number of aliphatic hydroxyl groups is 1. The Balaban J connectivity index is 1.86. The van der Waals surface area contributed by atoms with E-state index in [0.29, 0.717) is 12.3 Å². The van der Waals surface area contributed by atoms with Crippen molar-refractivity contribution in [1.82, 2.24) is 0 Å². The van der Waals surface area contributed by atoms with E-state index in [9.17, 15) is 4.79 Å². The first-order chi connectivity index (χ1) is 9.28. The SMILES string of the molecule is O=C(CC1CCCC1)Nc1ccc(C#CCO)cc1. The Morgan fingerprint density at radius 2 is 1.95 bits per heavy atom. The minimum atomic E-state index is -0.139. The first-order valence-corrected chi connectivity index (χ1v) is 6.77. The molecule has 19 heavy (non-hydrogen) atoms. The minimum Gasteiger partial charge on any atom is -0.384 e. The maximum absolute atomic E-state index is 11.9. The van der Waals surface area contributed by atoms with Crippen molar-refractivity contribution in [1.29, 1.82) is 0 Å². The van der Waals surface area contributed by atoms with Gasteiger partial charge in [0, 0.05) is 17.7 Å². The molecule has 0 unspecified atom stereocenters.